The summed E-state index contributed by atoms with van der Waals surface area (Å²) in [6.45, 7) is 5.71. The lowest BCUT2D eigenvalue weighted by Crippen LogP contribution is -2.24. The summed E-state index contributed by atoms with van der Waals surface area (Å²) in [7, 11) is 3.12. The van der Waals surface area contributed by atoms with Crippen molar-refractivity contribution in [2.24, 2.45) is 0 Å². The Kier molecular flexibility index (Phi) is 4.85. The van der Waals surface area contributed by atoms with Crippen molar-refractivity contribution >= 4 is 21.9 Å². The predicted octanol–water partition coefficient (Wildman–Crippen LogP) is 3.53. The molecule has 0 atom stereocenters. The molecule has 19 heavy (non-hydrogen) atoms. The normalized spacial score (nSPS) is 11.3. The van der Waals surface area contributed by atoms with Crippen molar-refractivity contribution in [1.29, 1.82) is 0 Å². The molecule has 0 fully saturated rings. The average molecular weight is 331 g/mol. The fourth-order valence-corrected chi connectivity index (χ4v) is 3.11. The van der Waals surface area contributed by atoms with E-state index in [-0.39, 0.29) is 6.42 Å². The fourth-order valence-electron chi connectivity index (χ4n) is 2.42. The lowest BCUT2D eigenvalue weighted by Gasteiger charge is -2.28. The van der Waals surface area contributed by atoms with Gasteiger partial charge in [-0.1, -0.05) is 13.8 Å². The highest BCUT2D eigenvalue weighted by atomic mass is 79.9. The average Bonchev–Trinajstić information content (AvgIpc) is 2.25. The van der Waals surface area contributed by atoms with E-state index in [1.807, 2.05) is 26.8 Å². The molecule has 0 amide bonds. The summed E-state index contributed by atoms with van der Waals surface area (Å²) in [6, 6.07) is 1.92. The third kappa shape index (κ3) is 3.21. The Morgan fingerprint density at radius 1 is 1.32 bits per heavy atom. The molecule has 0 bridgehead atoms. The minimum atomic E-state index is -0.840. The maximum Gasteiger partial charge on any atom is 0.304 e. The van der Waals surface area contributed by atoms with E-state index in [0.29, 0.717) is 11.5 Å². The summed E-state index contributed by atoms with van der Waals surface area (Å²) >= 11 is 3.43. The highest BCUT2D eigenvalue weighted by Crippen LogP contribution is 2.46. The van der Waals surface area contributed by atoms with E-state index in [2.05, 4.69) is 15.9 Å². The fraction of sp³-hybridized carbons (Fsp3) is 0.500. The first-order valence-corrected chi connectivity index (χ1v) is 6.67. The smallest absolute Gasteiger partial charge is 0.304 e. The molecule has 0 aliphatic rings. The summed E-state index contributed by atoms with van der Waals surface area (Å²) in [6.07, 6.45) is 0.0228. The summed E-state index contributed by atoms with van der Waals surface area (Å²) in [5, 5.41) is 9.06. The van der Waals surface area contributed by atoms with Crippen LogP contribution in [0.4, 0.5) is 0 Å². The summed E-state index contributed by atoms with van der Waals surface area (Å²) in [5.41, 5.74) is 1.28. The molecule has 106 valence electrons. The SMILES string of the molecule is COc1c(Br)cc(C)c(C(C)(C)CC(=O)O)c1OC. The van der Waals surface area contributed by atoms with Crippen molar-refractivity contribution in [2.75, 3.05) is 14.2 Å². The molecule has 0 aromatic heterocycles. The van der Waals surface area contributed by atoms with Crippen molar-refractivity contribution in [1.82, 2.24) is 0 Å². The maximum absolute atomic E-state index is 11.0. The number of rotatable bonds is 5. The Bertz CT molecular complexity index is 495. The second-order valence-electron chi connectivity index (χ2n) is 5.07. The molecular weight excluding hydrogens is 312 g/mol. The number of halogens is 1. The molecule has 0 saturated heterocycles. The Morgan fingerprint density at radius 2 is 1.84 bits per heavy atom. The molecular formula is C14H19BrO4. The number of hydrogen-bond donors (Lipinski definition) is 1. The molecule has 0 radical (unpaired) electrons. The number of benzene rings is 1. The molecule has 1 aromatic carbocycles. The van der Waals surface area contributed by atoms with Crippen molar-refractivity contribution in [2.45, 2.75) is 32.6 Å². The second kappa shape index (κ2) is 5.82. The van der Waals surface area contributed by atoms with E-state index >= 15 is 0 Å². The van der Waals surface area contributed by atoms with Crippen LogP contribution in [0, 0.1) is 6.92 Å². The quantitative estimate of drug-likeness (QED) is 0.897. The zero-order valence-corrected chi connectivity index (χ0v) is 13.4. The van der Waals surface area contributed by atoms with Crippen molar-refractivity contribution in [3.63, 3.8) is 0 Å². The first-order valence-electron chi connectivity index (χ1n) is 5.88. The van der Waals surface area contributed by atoms with Gasteiger partial charge >= 0.3 is 5.97 Å². The standard InChI is InChI=1S/C14H19BrO4/c1-8-6-9(15)12(18-4)13(19-5)11(8)14(2,3)7-10(16)17/h6H,7H2,1-5H3,(H,16,17). The Labute approximate surface area is 121 Å². The maximum atomic E-state index is 11.0. The Hall–Kier alpha value is -1.23. The van der Waals surface area contributed by atoms with Gasteiger partial charge in [-0.15, -0.1) is 0 Å². The second-order valence-corrected chi connectivity index (χ2v) is 5.93. The number of methoxy groups -OCH3 is 2. The Morgan fingerprint density at radius 3 is 2.26 bits per heavy atom. The first kappa shape index (κ1) is 15.8. The van der Waals surface area contributed by atoms with Crippen LogP contribution < -0.4 is 9.47 Å². The van der Waals surface area contributed by atoms with Gasteiger partial charge in [-0.05, 0) is 34.5 Å². The number of carbonyl (C=O) groups is 1. The van der Waals surface area contributed by atoms with Crippen LogP contribution in [-0.4, -0.2) is 25.3 Å². The number of carboxylic acid groups (broad SMARTS) is 1. The van der Waals surface area contributed by atoms with Gasteiger partial charge in [0, 0.05) is 11.0 Å². The third-order valence-corrected chi connectivity index (χ3v) is 3.66. The van der Waals surface area contributed by atoms with Gasteiger partial charge in [0.1, 0.15) is 0 Å². The van der Waals surface area contributed by atoms with E-state index in [9.17, 15) is 4.79 Å². The largest absolute Gasteiger partial charge is 0.492 e. The Balaban J connectivity index is 3.53. The predicted molar refractivity (Wildman–Crippen MR) is 77.3 cm³/mol. The topological polar surface area (TPSA) is 55.8 Å². The van der Waals surface area contributed by atoms with Gasteiger partial charge < -0.3 is 14.6 Å². The monoisotopic (exact) mass is 330 g/mol. The molecule has 5 heteroatoms. The zero-order valence-electron chi connectivity index (χ0n) is 11.8. The van der Waals surface area contributed by atoms with Gasteiger partial charge in [-0.25, -0.2) is 0 Å². The molecule has 0 aliphatic carbocycles. The van der Waals surface area contributed by atoms with Gasteiger partial charge in [-0.2, -0.15) is 0 Å². The molecule has 0 heterocycles. The lowest BCUT2D eigenvalue weighted by atomic mass is 9.78. The van der Waals surface area contributed by atoms with Crippen molar-refractivity contribution in [3.05, 3.63) is 21.7 Å². The van der Waals surface area contributed by atoms with E-state index in [1.165, 1.54) is 0 Å². The van der Waals surface area contributed by atoms with Gasteiger partial charge in [0.05, 0.1) is 25.1 Å². The van der Waals surface area contributed by atoms with E-state index < -0.39 is 11.4 Å². The number of ether oxygens (including phenoxy) is 2. The highest BCUT2D eigenvalue weighted by molar-refractivity contribution is 9.10. The molecule has 0 unspecified atom stereocenters. The lowest BCUT2D eigenvalue weighted by molar-refractivity contribution is -0.138. The molecule has 1 rings (SSSR count). The van der Waals surface area contributed by atoms with Gasteiger partial charge in [0.2, 0.25) is 0 Å². The van der Waals surface area contributed by atoms with Gasteiger partial charge in [0.15, 0.2) is 11.5 Å². The van der Waals surface area contributed by atoms with Crippen LogP contribution in [0.2, 0.25) is 0 Å². The number of carboxylic acids is 1. The van der Waals surface area contributed by atoms with E-state index in [0.717, 1.165) is 15.6 Å². The number of aryl methyl sites for hydroxylation is 1. The highest BCUT2D eigenvalue weighted by Gasteiger charge is 2.31. The van der Waals surface area contributed by atoms with Crippen LogP contribution in [-0.2, 0) is 10.2 Å². The summed E-state index contributed by atoms with van der Waals surface area (Å²) in [4.78, 5) is 11.0. The molecule has 0 saturated carbocycles. The van der Waals surface area contributed by atoms with Crippen LogP contribution >= 0.6 is 15.9 Å². The minimum Gasteiger partial charge on any atom is -0.492 e. The van der Waals surface area contributed by atoms with Crippen LogP contribution in [0.15, 0.2) is 10.5 Å². The van der Waals surface area contributed by atoms with Gasteiger partial charge in [-0.3, -0.25) is 4.79 Å². The van der Waals surface area contributed by atoms with Crippen LogP contribution in [0.1, 0.15) is 31.4 Å². The molecule has 0 spiro atoms. The number of aliphatic carboxylic acids is 1. The molecule has 0 aliphatic heterocycles. The van der Waals surface area contributed by atoms with E-state index in [1.54, 1.807) is 14.2 Å². The zero-order chi connectivity index (χ0) is 14.8. The third-order valence-electron chi connectivity index (χ3n) is 3.07. The summed E-state index contributed by atoms with van der Waals surface area (Å²) < 4.78 is 11.6. The van der Waals surface area contributed by atoms with Crippen LogP contribution in [0.25, 0.3) is 0 Å². The van der Waals surface area contributed by atoms with E-state index in [4.69, 9.17) is 14.6 Å². The van der Waals surface area contributed by atoms with Crippen molar-refractivity contribution < 1.29 is 19.4 Å². The first-order chi connectivity index (χ1) is 8.74. The number of hydrogen-bond acceptors (Lipinski definition) is 3. The minimum absolute atomic E-state index is 0.0228. The van der Waals surface area contributed by atoms with Crippen LogP contribution in [0.3, 0.4) is 0 Å². The molecule has 1 aromatic rings. The molecule has 4 nitrogen and oxygen atoms in total. The van der Waals surface area contributed by atoms with Crippen molar-refractivity contribution in [3.8, 4) is 11.5 Å². The molecule has 1 N–H and O–H groups in total. The van der Waals surface area contributed by atoms with Gasteiger partial charge in [0.25, 0.3) is 0 Å². The summed E-state index contributed by atoms with van der Waals surface area (Å²) in [5.74, 6) is 0.329. The van der Waals surface area contributed by atoms with Crippen LogP contribution in [0.5, 0.6) is 11.5 Å².